The van der Waals surface area contributed by atoms with Gasteiger partial charge >= 0.3 is 0 Å². The lowest BCUT2D eigenvalue weighted by Crippen LogP contribution is -2.45. The number of likely N-dealkylation sites (N-methyl/N-ethyl adjacent to an activating group) is 1. The van der Waals surface area contributed by atoms with Gasteiger partial charge in [0.25, 0.3) is 5.91 Å². The molecule has 1 atom stereocenters. The van der Waals surface area contributed by atoms with Crippen molar-refractivity contribution in [2.45, 2.75) is 32.3 Å². The third-order valence-electron chi connectivity index (χ3n) is 4.47. The normalized spacial score (nSPS) is 20.0. The molecule has 0 bridgehead atoms. The second-order valence-corrected chi connectivity index (χ2v) is 7.40. The fourth-order valence-electron chi connectivity index (χ4n) is 3.26. The van der Waals surface area contributed by atoms with E-state index in [9.17, 15) is 9.90 Å². The molecule has 2 aromatic heterocycles. The maximum atomic E-state index is 12.6. The van der Waals surface area contributed by atoms with Gasteiger partial charge in [0.05, 0.1) is 18.4 Å². The van der Waals surface area contributed by atoms with E-state index in [1.807, 2.05) is 4.90 Å². The minimum Gasteiger partial charge on any atom is -0.386 e. The molecule has 3 heterocycles. The summed E-state index contributed by atoms with van der Waals surface area (Å²) in [5, 5.41) is 14.8. The van der Waals surface area contributed by atoms with E-state index in [-0.39, 0.29) is 18.2 Å². The molecule has 1 N–H and O–H groups in total. The summed E-state index contributed by atoms with van der Waals surface area (Å²) in [5.74, 6) is 1.09. The summed E-state index contributed by atoms with van der Waals surface area (Å²) in [4.78, 5) is 24.4. The van der Waals surface area contributed by atoms with E-state index in [2.05, 4.69) is 29.0 Å². The van der Waals surface area contributed by atoms with Crippen LogP contribution >= 0.6 is 0 Å². The predicted molar refractivity (Wildman–Crippen MR) is 95.8 cm³/mol. The van der Waals surface area contributed by atoms with E-state index >= 15 is 0 Å². The Morgan fingerprint density at radius 2 is 2.27 bits per heavy atom. The second-order valence-electron chi connectivity index (χ2n) is 7.40. The molecule has 1 aliphatic heterocycles. The van der Waals surface area contributed by atoms with Crippen LogP contribution in [0.2, 0.25) is 0 Å². The van der Waals surface area contributed by atoms with Gasteiger partial charge in [-0.2, -0.15) is 0 Å². The van der Waals surface area contributed by atoms with E-state index in [0.29, 0.717) is 25.4 Å². The van der Waals surface area contributed by atoms with Gasteiger partial charge in [-0.1, -0.05) is 19.0 Å². The van der Waals surface area contributed by atoms with E-state index < -0.39 is 5.60 Å². The second kappa shape index (κ2) is 7.41. The van der Waals surface area contributed by atoms with Crippen LogP contribution in [0.25, 0.3) is 0 Å². The molecule has 0 aromatic carbocycles. The SMILES string of the molecule is CC(C)Cc1cc(C(=O)N(C)CC2(O)CCN(c3cnccn3)C2)on1. The summed E-state index contributed by atoms with van der Waals surface area (Å²) in [6, 6.07) is 1.68. The smallest absolute Gasteiger partial charge is 0.292 e. The first kappa shape index (κ1) is 18.3. The molecule has 0 aliphatic carbocycles. The van der Waals surface area contributed by atoms with Crippen LogP contribution in [-0.2, 0) is 6.42 Å². The summed E-state index contributed by atoms with van der Waals surface area (Å²) in [5.41, 5.74) is -0.229. The lowest BCUT2D eigenvalue weighted by molar-refractivity contribution is 0.0248. The Labute approximate surface area is 152 Å². The monoisotopic (exact) mass is 359 g/mol. The van der Waals surface area contributed by atoms with Crippen molar-refractivity contribution >= 4 is 11.7 Å². The fourth-order valence-corrected chi connectivity index (χ4v) is 3.26. The van der Waals surface area contributed by atoms with Crippen LogP contribution in [0.5, 0.6) is 0 Å². The van der Waals surface area contributed by atoms with Gasteiger partial charge in [-0.05, 0) is 18.8 Å². The average Bonchev–Trinajstić information content (AvgIpc) is 3.21. The predicted octanol–water partition coefficient (Wildman–Crippen LogP) is 1.38. The van der Waals surface area contributed by atoms with E-state index in [1.54, 1.807) is 31.7 Å². The molecule has 1 saturated heterocycles. The number of hydrogen-bond donors (Lipinski definition) is 1. The minimum atomic E-state index is -0.997. The Balaban J connectivity index is 1.61. The highest BCUT2D eigenvalue weighted by atomic mass is 16.5. The van der Waals surface area contributed by atoms with Crippen LogP contribution in [0.1, 0.15) is 36.5 Å². The van der Waals surface area contributed by atoms with Gasteiger partial charge < -0.3 is 19.4 Å². The van der Waals surface area contributed by atoms with Crippen molar-refractivity contribution in [2.75, 3.05) is 31.6 Å². The molecule has 8 heteroatoms. The van der Waals surface area contributed by atoms with Crippen LogP contribution in [0.4, 0.5) is 5.82 Å². The van der Waals surface area contributed by atoms with Crippen LogP contribution in [0.15, 0.2) is 29.2 Å². The summed E-state index contributed by atoms with van der Waals surface area (Å²) < 4.78 is 5.18. The number of aromatic nitrogens is 3. The Kier molecular flexibility index (Phi) is 5.22. The zero-order valence-corrected chi connectivity index (χ0v) is 15.4. The zero-order valence-electron chi connectivity index (χ0n) is 15.4. The number of hydrogen-bond acceptors (Lipinski definition) is 7. The van der Waals surface area contributed by atoms with Crippen molar-refractivity contribution < 1.29 is 14.4 Å². The first-order valence-corrected chi connectivity index (χ1v) is 8.81. The van der Waals surface area contributed by atoms with Gasteiger partial charge in [0, 0.05) is 38.6 Å². The largest absolute Gasteiger partial charge is 0.386 e. The summed E-state index contributed by atoms with van der Waals surface area (Å²) in [6.07, 6.45) is 6.23. The molecule has 0 spiro atoms. The van der Waals surface area contributed by atoms with Crippen molar-refractivity contribution in [1.29, 1.82) is 0 Å². The molecule has 26 heavy (non-hydrogen) atoms. The Bertz CT molecular complexity index is 748. The lowest BCUT2D eigenvalue weighted by Gasteiger charge is -2.28. The van der Waals surface area contributed by atoms with E-state index in [1.165, 1.54) is 4.90 Å². The molecule has 1 amide bonds. The number of β-amino-alcohol motifs (C(OH)–C–C–N with tert-alkyl or cyclic N) is 1. The first-order chi connectivity index (χ1) is 12.4. The summed E-state index contributed by atoms with van der Waals surface area (Å²) in [6.45, 7) is 5.45. The van der Waals surface area contributed by atoms with Crippen molar-refractivity contribution in [1.82, 2.24) is 20.0 Å². The number of nitrogens with zero attached hydrogens (tertiary/aromatic N) is 5. The van der Waals surface area contributed by atoms with Gasteiger partial charge in [-0.3, -0.25) is 9.78 Å². The molecule has 1 aliphatic rings. The molecule has 3 rings (SSSR count). The summed E-state index contributed by atoms with van der Waals surface area (Å²) >= 11 is 0. The van der Waals surface area contributed by atoms with E-state index in [4.69, 9.17) is 4.52 Å². The minimum absolute atomic E-state index is 0.204. The van der Waals surface area contributed by atoms with Crippen LogP contribution in [0, 0.1) is 5.92 Å². The molecule has 0 saturated carbocycles. The highest BCUT2D eigenvalue weighted by Gasteiger charge is 2.39. The number of rotatable bonds is 6. The maximum Gasteiger partial charge on any atom is 0.292 e. The first-order valence-electron chi connectivity index (χ1n) is 8.81. The lowest BCUT2D eigenvalue weighted by atomic mass is 10.0. The number of aliphatic hydroxyl groups is 1. The van der Waals surface area contributed by atoms with Crippen LogP contribution < -0.4 is 4.90 Å². The Morgan fingerprint density at radius 3 is 2.96 bits per heavy atom. The van der Waals surface area contributed by atoms with Crippen molar-refractivity contribution in [3.8, 4) is 0 Å². The maximum absolute atomic E-state index is 12.6. The van der Waals surface area contributed by atoms with Gasteiger partial charge in [-0.15, -0.1) is 0 Å². The summed E-state index contributed by atoms with van der Waals surface area (Å²) in [7, 11) is 1.66. The standard InChI is InChI=1S/C18H25N5O3/c1-13(2)8-14-9-15(26-21-14)17(24)22(3)11-18(25)4-7-23(12-18)16-10-19-5-6-20-16/h5-6,9-10,13,25H,4,7-8,11-12H2,1-3H3. The van der Waals surface area contributed by atoms with Gasteiger partial charge in [0.15, 0.2) is 0 Å². The van der Waals surface area contributed by atoms with Crippen molar-refractivity contribution in [3.05, 3.63) is 36.1 Å². The van der Waals surface area contributed by atoms with Gasteiger partial charge in [0.1, 0.15) is 11.4 Å². The fraction of sp³-hybridized carbons (Fsp3) is 0.556. The third-order valence-corrected chi connectivity index (χ3v) is 4.47. The van der Waals surface area contributed by atoms with Crippen LogP contribution in [0.3, 0.4) is 0 Å². The molecule has 8 nitrogen and oxygen atoms in total. The number of anilines is 1. The molecule has 0 radical (unpaired) electrons. The average molecular weight is 359 g/mol. The Morgan fingerprint density at radius 1 is 1.46 bits per heavy atom. The molecular formula is C18H25N5O3. The molecule has 140 valence electrons. The molecule has 2 aromatic rings. The van der Waals surface area contributed by atoms with Crippen LogP contribution in [-0.4, -0.2) is 63.3 Å². The quantitative estimate of drug-likeness (QED) is 0.832. The zero-order chi connectivity index (χ0) is 18.7. The Hall–Kier alpha value is -2.48. The number of carbonyl (C=O) groups excluding carboxylic acids is 1. The van der Waals surface area contributed by atoms with Crippen molar-refractivity contribution in [2.24, 2.45) is 5.92 Å². The van der Waals surface area contributed by atoms with Gasteiger partial charge in [0.2, 0.25) is 5.76 Å². The van der Waals surface area contributed by atoms with E-state index in [0.717, 1.165) is 17.9 Å². The highest BCUT2D eigenvalue weighted by molar-refractivity contribution is 5.91. The topological polar surface area (TPSA) is 95.6 Å². The number of carbonyl (C=O) groups is 1. The molecular weight excluding hydrogens is 334 g/mol. The highest BCUT2D eigenvalue weighted by Crippen LogP contribution is 2.26. The number of amides is 1. The molecule has 1 fully saturated rings. The third kappa shape index (κ3) is 4.19. The van der Waals surface area contributed by atoms with Gasteiger partial charge in [-0.25, -0.2) is 4.98 Å². The molecule has 1 unspecified atom stereocenters. The van der Waals surface area contributed by atoms with Crippen molar-refractivity contribution in [3.63, 3.8) is 0 Å².